The van der Waals surface area contributed by atoms with Crippen molar-refractivity contribution < 1.29 is 13.2 Å². The van der Waals surface area contributed by atoms with Gasteiger partial charge in [0.25, 0.3) is 0 Å². The molecule has 0 atom stereocenters. The van der Waals surface area contributed by atoms with Gasteiger partial charge in [0.1, 0.15) is 11.5 Å². The van der Waals surface area contributed by atoms with Gasteiger partial charge in [0.05, 0.1) is 0 Å². The second kappa shape index (κ2) is 5.27. The molecule has 19 heavy (non-hydrogen) atoms. The number of rotatable bonds is 3. The molecule has 3 N–H and O–H groups in total. The Balaban J connectivity index is 2.37. The first-order valence-corrected chi connectivity index (χ1v) is 5.60. The topological polar surface area (TPSA) is 50.9 Å². The van der Waals surface area contributed by atoms with E-state index in [9.17, 15) is 13.2 Å². The molecular formula is C13H12F3N3. The SMILES string of the molecule is NCc1ccc(C(F)(F)F)nc1Nc1ccccc1. The summed E-state index contributed by atoms with van der Waals surface area (Å²) in [5, 5.41) is 2.84. The van der Waals surface area contributed by atoms with Crippen molar-refractivity contribution in [2.75, 3.05) is 5.32 Å². The van der Waals surface area contributed by atoms with E-state index in [4.69, 9.17) is 5.73 Å². The average molecular weight is 267 g/mol. The normalized spacial score (nSPS) is 11.4. The molecule has 2 rings (SSSR count). The monoisotopic (exact) mass is 267 g/mol. The minimum Gasteiger partial charge on any atom is -0.340 e. The fourth-order valence-electron chi connectivity index (χ4n) is 1.58. The fourth-order valence-corrected chi connectivity index (χ4v) is 1.58. The molecule has 2 aromatic rings. The maximum absolute atomic E-state index is 12.6. The molecule has 0 aliphatic heterocycles. The number of pyridine rings is 1. The standard InChI is InChI=1S/C13H12F3N3/c14-13(15,16)11-7-6-9(8-17)12(19-11)18-10-4-2-1-3-5-10/h1-7H,8,17H2,(H,18,19). The van der Waals surface area contributed by atoms with Crippen molar-refractivity contribution >= 4 is 11.5 Å². The van der Waals surface area contributed by atoms with E-state index in [1.54, 1.807) is 24.3 Å². The number of hydrogen-bond acceptors (Lipinski definition) is 3. The zero-order chi connectivity index (χ0) is 13.9. The van der Waals surface area contributed by atoms with Crippen molar-refractivity contribution in [3.63, 3.8) is 0 Å². The van der Waals surface area contributed by atoms with Gasteiger partial charge >= 0.3 is 6.18 Å². The van der Waals surface area contributed by atoms with Gasteiger partial charge in [-0.05, 0) is 18.2 Å². The average Bonchev–Trinajstić information content (AvgIpc) is 2.39. The maximum Gasteiger partial charge on any atom is 0.433 e. The van der Waals surface area contributed by atoms with Crippen LogP contribution in [0.5, 0.6) is 0 Å². The Morgan fingerprint density at radius 1 is 1.05 bits per heavy atom. The van der Waals surface area contributed by atoms with Crippen LogP contribution in [0.2, 0.25) is 0 Å². The van der Waals surface area contributed by atoms with Gasteiger partial charge in [0, 0.05) is 17.8 Å². The van der Waals surface area contributed by atoms with Gasteiger partial charge in [0.15, 0.2) is 0 Å². The van der Waals surface area contributed by atoms with Crippen molar-refractivity contribution in [2.24, 2.45) is 5.73 Å². The van der Waals surface area contributed by atoms with Gasteiger partial charge in [-0.15, -0.1) is 0 Å². The lowest BCUT2D eigenvalue weighted by molar-refractivity contribution is -0.141. The number of nitrogens with zero attached hydrogens (tertiary/aromatic N) is 1. The highest BCUT2D eigenvalue weighted by Crippen LogP contribution is 2.30. The van der Waals surface area contributed by atoms with Crippen LogP contribution in [0.25, 0.3) is 0 Å². The van der Waals surface area contributed by atoms with Gasteiger partial charge < -0.3 is 11.1 Å². The number of halogens is 3. The van der Waals surface area contributed by atoms with Crippen molar-refractivity contribution in [3.05, 3.63) is 53.7 Å². The Labute approximate surface area is 108 Å². The van der Waals surface area contributed by atoms with E-state index >= 15 is 0 Å². The first kappa shape index (κ1) is 13.4. The molecule has 0 saturated carbocycles. The molecule has 1 aromatic carbocycles. The van der Waals surface area contributed by atoms with Crippen molar-refractivity contribution in [2.45, 2.75) is 12.7 Å². The quantitative estimate of drug-likeness (QED) is 0.897. The number of aromatic nitrogens is 1. The van der Waals surface area contributed by atoms with Crippen LogP contribution < -0.4 is 11.1 Å². The third-order valence-corrected chi connectivity index (χ3v) is 2.53. The summed E-state index contributed by atoms with van der Waals surface area (Å²) in [5.74, 6) is 0.128. The third-order valence-electron chi connectivity index (χ3n) is 2.53. The molecule has 0 spiro atoms. The van der Waals surface area contributed by atoms with Crippen LogP contribution in [0, 0.1) is 0 Å². The Morgan fingerprint density at radius 3 is 2.32 bits per heavy atom. The number of hydrogen-bond donors (Lipinski definition) is 2. The van der Waals surface area contributed by atoms with E-state index in [1.165, 1.54) is 6.07 Å². The van der Waals surface area contributed by atoms with Crippen LogP contribution in [0.4, 0.5) is 24.7 Å². The second-order valence-corrected chi connectivity index (χ2v) is 3.90. The molecule has 0 unspecified atom stereocenters. The van der Waals surface area contributed by atoms with Gasteiger partial charge in [-0.1, -0.05) is 24.3 Å². The predicted octanol–water partition coefficient (Wildman–Crippen LogP) is 3.30. The Bertz CT molecular complexity index is 553. The highest BCUT2D eigenvalue weighted by Gasteiger charge is 2.32. The van der Waals surface area contributed by atoms with Crippen LogP contribution >= 0.6 is 0 Å². The van der Waals surface area contributed by atoms with Gasteiger partial charge in [-0.2, -0.15) is 13.2 Å². The van der Waals surface area contributed by atoms with Crippen LogP contribution in [0.1, 0.15) is 11.3 Å². The number of nitrogens with two attached hydrogens (primary N) is 1. The van der Waals surface area contributed by atoms with E-state index in [0.29, 0.717) is 11.3 Å². The molecule has 0 saturated heterocycles. The zero-order valence-electron chi connectivity index (χ0n) is 9.91. The summed E-state index contributed by atoms with van der Waals surface area (Å²) >= 11 is 0. The van der Waals surface area contributed by atoms with Gasteiger partial charge in [0.2, 0.25) is 0 Å². The molecule has 100 valence electrons. The Hall–Kier alpha value is -2.08. The van der Waals surface area contributed by atoms with Gasteiger partial charge in [-0.25, -0.2) is 4.98 Å². The Kier molecular flexibility index (Phi) is 3.71. The number of nitrogens with one attached hydrogen (secondary N) is 1. The molecule has 1 aromatic heterocycles. The lowest BCUT2D eigenvalue weighted by Crippen LogP contribution is -2.12. The predicted molar refractivity (Wildman–Crippen MR) is 66.9 cm³/mol. The van der Waals surface area contributed by atoms with E-state index in [1.807, 2.05) is 6.07 Å². The van der Waals surface area contributed by atoms with Crippen LogP contribution in [0.3, 0.4) is 0 Å². The Morgan fingerprint density at radius 2 is 1.74 bits per heavy atom. The molecule has 0 aliphatic carbocycles. The molecule has 0 radical (unpaired) electrons. The number of anilines is 2. The zero-order valence-corrected chi connectivity index (χ0v) is 9.91. The highest BCUT2D eigenvalue weighted by molar-refractivity contribution is 5.59. The largest absolute Gasteiger partial charge is 0.433 e. The molecule has 0 aliphatic rings. The van der Waals surface area contributed by atoms with E-state index < -0.39 is 11.9 Å². The van der Waals surface area contributed by atoms with Crippen LogP contribution in [-0.2, 0) is 12.7 Å². The molecular weight excluding hydrogens is 255 g/mol. The lowest BCUT2D eigenvalue weighted by Gasteiger charge is -2.13. The van der Waals surface area contributed by atoms with E-state index in [0.717, 1.165) is 6.07 Å². The van der Waals surface area contributed by atoms with Crippen LogP contribution in [-0.4, -0.2) is 4.98 Å². The molecule has 0 amide bonds. The lowest BCUT2D eigenvalue weighted by atomic mass is 10.2. The minimum absolute atomic E-state index is 0.111. The number of alkyl halides is 3. The highest BCUT2D eigenvalue weighted by atomic mass is 19.4. The smallest absolute Gasteiger partial charge is 0.340 e. The fraction of sp³-hybridized carbons (Fsp3) is 0.154. The number of para-hydroxylation sites is 1. The van der Waals surface area contributed by atoms with E-state index in [-0.39, 0.29) is 12.4 Å². The first-order valence-electron chi connectivity index (χ1n) is 5.60. The summed E-state index contributed by atoms with van der Waals surface area (Å²) in [6.45, 7) is 0.111. The molecule has 0 fully saturated rings. The second-order valence-electron chi connectivity index (χ2n) is 3.90. The van der Waals surface area contributed by atoms with Crippen LogP contribution in [0.15, 0.2) is 42.5 Å². The summed E-state index contributed by atoms with van der Waals surface area (Å²) < 4.78 is 37.9. The molecule has 3 nitrogen and oxygen atoms in total. The van der Waals surface area contributed by atoms with Crippen molar-refractivity contribution in [3.8, 4) is 0 Å². The van der Waals surface area contributed by atoms with Gasteiger partial charge in [-0.3, -0.25) is 0 Å². The minimum atomic E-state index is -4.47. The molecule has 1 heterocycles. The first-order chi connectivity index (χ1) is 9.00. The molecule has 6 heteroatoms. The van der Waals surface area contributed by atoms with Crippen molar-refractivity contribution in [1.29, 1.82) is 0 Å². The summed E-state index contributed by atoms with van der Waals surface area (Å²) in [6, 6.07) is 11.1. The summed E-state index contributed by atoms with van der Waals surface area (Å²) in [4.78, 5) is 3.59. The summed E-state index contributed by atoms with van der Waals surface area (Å²) in [5.41, 5.74) is 5.74. The third kappa shape index (κ3) is 3.23. The summed E-state index contributed by atoms with van der Waals surface area (Å²) in [6.07, 6.45) is -4.47. The van der Waals surface area contributed by atoms with Crippen molar-refractivity contribution in [1.82, 2.24) is 4.98 Å². The maximum atomic E-state index is 12.6. The van der Waals surface area contributed by atoms with E-state index in [2.05, 4.69) is 10.3 Å². The summed E-state index contributed by atoms with van der Waals surface area (Å²) in [7, 11) is 0. The number of benzene rings is 1. The molecule has 0 bridgehead atoms.